The highest BCUT2D eigenvalue weighted by Crippen LogP contribution is 2.35. The average molecular weight is 368 g/mol. The smallest absolute Gasteiger partial charge is 0.155 e. The molecule has 0 bridgehead atoms. The van der Waals surface area contributed by atoms with E-state index in [-0.39, 0.29) is 0 Å². The van der Waals surface area contributed by atoms with E-state index < -0.39 is 20.7 Å². The maximum absolute atomic E-state index is 11.9. The van der Waals surface area contributed by atoms with Crippen molar-refractivity contribution in [1.82, 2.24) is 14.7 Å². The van der Waals surface area contributed by atoms with Crippen LogP contribution in [0.5, 0.6) is 0 Å². The van der Waals surface area contributed by atoms with Crippen LogP contribution in [0.4, 0.5) is 0 Å². The molecule has 1 atom stereocenters. The zero-order chi connectivity index (χ0) is 15.7. The van der Waals surface area contributed by atoms with Gasteiger partial charge >= 0.3 is 0 Å². The fourth-order valence-electron chi connectivity index (χ4n) is 1.65. The minimum atomic E-state index is -3.41. The zero-order valence-corrected chi connectivity index (χ0v) is 14.9. The van der Waals surface area contributed by atoms with Gasteiger partial charge in [0.1, 0.15) is 6.10 Å². The third kappa shape index (κ3) is 3.60. The molecule has 0 spiro atoms. The quantitative estimate of drug-likeness (QED) is 0.813. The molecular weight excluding hydrogens is 346 g/mol. The van der Waals surface area contributed by atoms with Crippen molar-refractivity contribution >= 4 is 25.8 Å². The van der Waals surface area contributed by atoms with Crippen molar-refractivity contribution in [2.75, 3.05) is 26.9 Å². The van der Waals surface area contributed by atoms with Gasteiger partial charge in [0.25, 0.3) is 0 Å². The Labute approximate surface area is 128 Å². The van der Waals surface area contributed by atoms with Crippen LogP contribution in [0.3, 0.4) is 0 Å². The number of aliphatic hydroxyl groups is 1. The molecule has 1 aromatic heterocycles. The van der Waals surface area contributed by atoms with E-state index in [1.807, 2.05) is 19.0 Å². The van der Waals surface area contributed by atoms with Gasteiger partial charge in [0.15, 0.2) is 9.84 Å². The first-order valence-electron chi connectivity index (χ1n) is 6.22. The van der Waals surface area contributed by atoms with Gasteiger partial charge in [-0.25, -0.2) is 8.42 Å². The number of hydrogen-bond acceptors (Lipinski definition) is 5. The molecule has 0 aliphatic rings. The van der Waals surface area contributed by atoms with Crippen LogP contribution in [0, 0.1) is 0 Å². The molecule has 8 heteroatoms. The van der Waals surface area contributed by atoms with Crippen LogP contribution in [0.1, 0.15) is 25.6 Å². The van der Waals surface area contributed by atoms with Crippen LogP contribution in [0.25, 0.3) is 0 Å². The van der Waals surface area contributed by atoms with Crippen molar-refractivity contribution in [1.29, 1.82) is 0 Å². The first-order chi connectivity index (χ1) is 8.98. The number of halogens is 1. The largest absolute Gasteiger partial charge is 0.385 e. The molecule has 0 fully saturated rings. The lowest BCUT2D eigenvalue weighted by molar-refractivity contribution is 0.127. The Bertz CT molecular complexity index is 567. The molecule has 20 heavy (non-hydrogen) atoms. The summed E-state index contributed by atoms with van der Waals surface area (Å²) in [5, 5.41) is 14.7. The highest BCUT2D eigenvalue weighted by Gasteiger charge is 2.41. The summed E-state index contributed by atoms with van der Waals surface area (Å²) in [5.74, 6) is 0. The van der Waals surface area contributed by atoms with Crippen LogP contribution < -0.4 is 0 Å². The van der Waals surface area contributed by atoms with Crippen molar-refractivity contribution in [3.05, 3.63) is 16.4 Å². The summed E-state index contributed by atoms with van der Waals surface area (Å²) in [4.78, 5) is 1.99. The van der Waals surface area contributed by atoms with E-state index in [1.165, 1.54) is 13.8 Å². The van der Waals surface area contributed by atoms with Crippen molar-refractivity contribution in [3.63, 3.8) is 0 Å². The molecule has 0 saturated carbocycles. The fraction of sp³-hybridized carbons (Fsp3) is 0.750. The Morgan fingerprint density at radius 3 is 2.50 bits per heavy atom. The number of hydrogen-bond donors (Lipinski definition) is 1. The van der Waals surface area contributed by atoms with E-state index in [1.54, 1.807) is 10.9 Å². The van der Waals surface area contributed by atoms with Gasteiger partial charge in [0, 0.05) is 12.8 Å². The molecule has 0 aromatic carbocycles. The van der Waals surface area contributed by atoms with Gasteiger partial charge < -0.3 is 10.0 Å². The molecule has 6 nitrogen and oxygen atoms in total. The van der Waals surface area contributed by atoms with Crippen molar-refractivity contribution < 1.29 is 13.5 Å². The maximum Gasteiger partial charge on any atom is 0.155 e. The lowest BCUT2D eigenvalue weighted by Gasteiger charge is -2.29. The minimum Gasteiger partial charge on any atom is -0.385 e. The number of likely N-dealkylation sites (N-methyl/N-ethyl adjacent to an activating group) is 1. The number of aromatic nitrogens is 2. The summed E-state index contributed by atoms with van der Waals surface area (Å²) in [6.07, 6.45) is 1.55. The molecule has 0 amide bonds. The molecule has 0 aliphatic heterocycles. The van der Waals surface area contributed by atoms with Gasteiger partial charge in [0.2, 0.25) is 0 Å². The van der Waals surface area contributed by atoms with Crippen LogP contribution in [0.2, 0.25) is 0 Å². The summed E-state index contributed by atoms with van der Waals surface area (Å²) >= 11 is 3.33. The molecule has 0 aliphatic carbocycles. The lowest BCUT2D eigenvalue weighted by Crippen LogP contribution is -2.39. The molecule has 116 valence electrons. The Kier molecular flexibility index (Phi) is 5.40. The van der Waals surface area contributed by atoms with E-state index in [0.29, 0.717) is 16.7 Å². The van der Waals surface area contributed by atoms with Gasteiger partial charge in [-0.05, 0) is 43.9 Å². The molecule has 1 heterocycles. The first kappa shape index (κ1) is 17.6. The van der Waals surface area contributed by atoms with Crippen molar-refractivity contribution in [2.45, 2.75) is 31.2 Å². The summed E-state index contributed by atoms with van der Waals surface area (Å²) in [6.45, 7) is 4.35. The normalized spacial score (nSPS) is 14.8. The molecule has 1 N–H and O–H groups in total. The zero-order valence-electron chi connectivity index (χ0n) is 12.5. The van der Waals surface area contributed by atoms with Crippen molar-refractivity contribution in [3.8, 4) is 0 Å². The maximum atomic E-state index is 11.9. The molecule has 1 rings (SSSR count). The summed E-state index contributed by atoms with van der Waals surface area (Å²) in [5.41, 5.74) is 0.488. The van der Waals surface area contributed by atoms with E-state index in [4.69, 9.17) is 0 Å². The van der Waals surface area contributed by atoms with Gasteiger partial charge in [-0.15, -0.1) is 0 Å². The van der Waals surface area contributed by atoms with Crippen LogP contribution in [0.15, 0.2) is 10.7 Å². The van der Waals surface area contributed by atoms with Gasteiger partial charge in [-0.1, -0.05) is 0 Å². The summed E-state index contributed by atoms with van der Waals surface area (Å²) in [6, 6.07) is 0. The standard InChI is InChI=1S/C12H22BrN3O3S/c1-12(2,20(5,18)19)11(17)10-9(13)8-14-16(10)7-6-15(3)4/h8,11,17H,6-7H2,1-5H3. The van der Waals surface area contributed by atoms with E-state index in [0.717, 1.165) is 12.8 Å². The average Bonchev–Trinajstić information content (AvgIpc) is 2.65. The monoisotopic (exact) mass is 367 g/mol. The SMILES string of the molecule is CN(C)CCn1ncc(Br)c1C(O)C(C)(C)S(C)(=O)=O. The number of nitrogens with zero attached hydrogens (tertiary/aromatic N) is 3. The van der Waals surface area contributed by atoms with Crippen LogP contribution >= 0.6 is 15.9 Å². The minimum absolute atomic E-state index is 0.488. The topological polar surface area (TPSA) is 75.4 Å². The molecule has 1 unspecified atom stereocenters. The Balaban J connectivity index is 3.16. The third-order valence-corrected chi connectivity index (χ3v) is 6.21. The predicted octanol–water partition coefficient (Wildman–Crippen LogP) is 1.06. The third-order valence-electron chi connectivity index (χ3n) is 3.47. The highest BCUT2D eigenvalue weighted by atomic mass is 79.9. The van der Waals surface area contributed by atoms with E-state index in [9.17, 15) is 13.5 Å². The molecule has 1 aromatic rings. The Morgan fingerprint density at radius 1 is 1.50 bits per heavy atom. The highest BCUT2D eigenvalue weighted by molar-refractivity contribution is 9.10. The molecule has 0 radical (unpaired) electrons. The number of aliphatic hydroxyl groups excluding tert-OH is 1. The Morgan fingerprint density at radius 2 is 2.05 bits per heavy atom. The second kappa shape index (κ2) is 6.13. The first-order valence-corrected chi connectivity index (χ1v) is 8.90. The van der Waals surface area contributed by atoms with Crippen LogP contribution in [-0.4, -0.2) is 59.8 Å². The second-order valence-electron chi connectivity index (χ2n) is 5.68. The lowest BCUT2D eigenvalue weighted by atomic mass is 10.0. The Hall–Kier alpha value is -0.440. The predicted molar refractivity (Wildman–Crippen MR) is 82.4 cm³/mol. The van der Waals surface area contributed by atoms with E-state index >= 15 is 0 Å². The van der Waals surface area contributed by atoms with Gasteiger partial charge in [-0.3, -0.25) is 4.68 Å². The number of rotatable bonds is 6. The van der Waals surface area contributed by atoms with Crippen LogP contribution in [-0.2, 0) is 16.4 Å². The van der Waals surface area contributed by atoms with E-state index in [2.05, 4.69) is 21.0 Å². The van der Waals surface area contributed by atoms with Crippen molar-refractivity contribution in [2.24, 2.45) is 0 Å². The fourth-order valence-corrected chi connectivity index (χ4v) is 2.68. The van der Waals surface area contributed by atoms with Gasteiger partial charge in [-0.2, -0.15) is 5.10 Å². The summed E-state index contributed by atoms with van der Waals surface area (Å²) < 4.78 is 24.7. The number of sulfone groups is 1. The summed E-state index contributed by atoms with van der Waals surface area (Å²) in [7, 11) is 0.464. The molecular formula is C12H22BrN3O3S. The second-order valence-corrected chi connectivity index (χ2v) is 9.13. The molecule has 0 saturated heterocycles. The van der Waals surface area contributed by atoms with Gasteiger partial charge in [0.05, 0.1) is 27.7 Å².